The van der Waals surface area contributed by atoms with Gasteiger partial charge in [0.15, 0.2) is 6.29 Å². The van der Waals surface area contributed by atoms with Gasteiger partial charge in [-0.1, -0.05) is 104 Å². The lowest BCUT2D eigenvalue weighted by Gasteiger charge is -2.36. The molecule has 292 valence electrons. The molecule has 0 unspecified atom stereocenters. The Morgan fingerprint density at radius 2 is 1.48 bits per heavy atom. The number of aliphatic hydroxyl groups is 1. The normalized spacial score (nSPS) is 16.6. The Labute approximate surface area is 334 Å². The van der Waals surface area contributed by atoms with Gasteiger partial charge in [-0.3, -0.25) is 9.59 Å². The van der Waals surface area contributed by atoms with Gasteiger partial charge in [0.2, 0.25) is 11.8 Å². The third-order valence-electron chi connectivity index (χ3n) is 9.83. The van der Waals surface area contributed by atoms with Crippen LogP contribution in [0.1, 0.15) is 79.6 Å². The molecule has 0 spiro atoms. The molecule has 10 heteroatoms. The molecule has 1 fully saturated rings. The van der Waals surface area contributed by atoms with Gasteiger partial charge in [0, 0.05) is 42.0 Å². The summed E-state index contributed by atoms with van der Waals surface area (Å²) in [5, 5.41) is 15.5. The van der Waals surface area contributed by atoms with Crippen molar-refractivity contribution in [3.63, 3.8) is 0 Å². The Kier molecular flexibility index (Phi) is 15.0. The Balaban J connectivity index is 0.990. The molecule has 0 radical (unpaired) electrons. The molecule has 1 heterocycles. The predicted octanol–water partition coefficient (Wildman–Crippen LogP) is 9.37. The quantitative estimate of drug-likeness (QED) is 0.0394. The zero-order valence-electron chi connectivity index (χ0n) is 31.8. The van der Waals surface area contributed by atoms with Gasteiger partial charge in [-0.2, -0.15) is 0 Å². The molecule has 56 heavy (non-hydrogen) atoms. The number of anilines is 2. The van der Waals surface area contributed by atoms with Crippen molar-refractivity contribution in [2.45, 2.75) is 81.5 Å². The number of thioether (sulfide) groups is 1. The Bertz CT molecular complexity index is 2020. The van der Waals surface area contributed by atoms with Gasteiger partial charge in [0.05, 0.1) is 37.3 Å². The number of benzene rings is 5. The first-order valence-electron chi connectivity index (χ1n) is 19.2. The van der Waals surface area contributed by atoms with Crippen molar-refractivity contribution >= 4 is 35.0 Å². The summed E-state index contributed by atoms with van der Waals surface area (Å²) in [7, 11) is 1.69. The number of aliphatic hydroxyl groups excluding tert-OH is 1. The summed E-state index contributed by atoms with van der Waals surface area (Å²) >= 11 is 1.71. The molecular formula is C46H51N3O6S. The van der Waals surface area contributed by atoms with Crippen LogP contribution in [0.5, 0.6) is 5.75 Å². The fourth-order valence-electron chi connectivity index (χ4n) is 6.67. The summed E-state index contributed by atoms with van der Waals surface area (Å²) in [5.74, 6) is 1.55. The number of carbonyl (C=O) groups excluding carboxylic acids is 2. The minimum atomic E-state index is -0.552. The third-order valence-corrected chi connectivity index (χ3v) is 11.0. The number of nitrogen functional groups attached to an aromatic ring is 1. The minimum Gasteiger partial charge on any atom is -0.496 e. The second-order valence-electron chi connectivity index (χ2n) is 14.0. The van der Waals surface area contributed by atoms with E-state index in [4.69, 9.17) is 19.9 Å². The molecule has 9 nitrogen and oxygen atoms in total. The fourth-order valence-corrected chi connectivity index (χ4v) is 7.72. The van der Waals surface area contributed by atoms with E-state index in [1.54, 1.807) is 31.0 Å². The first kappa shape index (κ1) is 40.5. The number of hydrogen-bond acceptors (Lipinski definition) is 8. The maximum Gasteiger partial charge on any atom is 0.224 e. The van der Waals surface area contributed by atoms with Crippen LogP contribution < -0.4 is 21.1 Å². The molecule has 1 aliphatic heterocycles. The van der Waals surface area contributed by atoms with E-state index < -0.39 is 6.29 Å². The highest BCUT2D eigenvalue weighted by atomic mass is 32.2. The third kappa shape index (κ3) is 11.7. The van der Waals surface area contributed by atoms with Crippen molar-refractivity contribution in [2.24, 2.45) is 0 Å². The molecule has 5 aromatic carbocycles. The molecule has 5 aromatic rings. The van der Waals surface area contributed by atoms with Gasteiger partial charge in [-0.15, -0.1) is 11.8 Å². The molecule has 0 bridgehead atoms. The topological polar surface area (TPSA) is 132 Å². The molecule has 6 rings (SSSR count). The maximum atomic E-state index is 12.6. The number of hydrogen-bond donors (Lipinski definition) is 4. The van der Waals surface area contributed by atoms with Crippen LogP contribution in [-0.2, 0) is 32.2 Å². The van der Waals surface area contributed by atoms with Crippen LogP contribution in [0.25, 0.3) is 11.1 Å². The molecular weight excluding hydrogens is 723 g/mol. The highest BCUT2D eigenvalue weighted by molar-refractivity contribution is 7.99. The van der Waals surface area contributed by atoms with Crippen LogP contribution in [0.3, 0.4) is 0 Å². The highest BCUT2D eigenvalue weighted by Crippen LogP contribution is 2.41. The van der Waals surface area contributed by atoms with Crippen molar-refractivity contribution in [2.75, 3.05) is 23.9 Å². The number of nitrogens with one attached hydrogen (secondary N) is 2. The number of unbranched alkanes of at least 4 members (excludes halogenated alkanes) is 3. The lowest BCUT2D eigenvalue weighted by molar-refractivity contribution is -0.245. The SMILES string of the molecule is COc1ccccc1SC[C@@H]1C[C@H](c2ccc(CO)cc2)O[C@H](c2ccc(-c3cccc(CNC(=O)CCCCCCC(=O)Nc4ccccc4N)c3)cc2)O1. The maximum absolute atomic E-state index is 12.6. The average molecular weight is 774 g/mol. The smallest absolute Gasteiger partial charge is 0.224 e. The van der Waals surface area contributed by atoms with Gasteiger partial charge in [-0.05, 0) is 71.0 Å². The van der Waals surface area contributed by atoms with Crippen LogP contribution in [0.2, 0.25) is 0 Å². The van der Waals surface area contributed by atoms with E-state index in [0.29, 0.717) is 37.2 Å². The first-order valence-corrected chi connectivity index (χ1v) is 20.2. The van der Waals surface area contributed by atoms with Gasteiger partial charge < -0.3 is 35.7 Å². The van der Waals surface area contributed by atoms with Gasteiger partial charge in [0.25, 0.3) is 0 Å². The molecule has 0 aromatic heterocycles. The van der Waals surface area contributed by atoms with E-state index >= 15 is 0 Å². The lowest BCUT2D eigenvalue weighted by atomic mass is 9.99. The molecule has 2 amide bonds. The summed E-state index contributed by atoms with van der Waals surface area (Å²) in [6.45, 7) is 0.448. The molecule has 5 N–H and O–H groups in total. The van der Waals surface area contributed by atoms with Crippen molar-refractivity contribution in [1.82, 2.24) is 5.32 Å². The molecule has 1 saturated heterocycles. The monoisotopic (exact) mass is 773 g/mol. The Hall–Kier alpha value is -5.13. The summed E-state index contributed by atoms with van der Waals surface area (Å²) in [4.78, 5) is 25.9. The molecule has 0 aliphatic carbocycles. The van der Waals surface area contributed by atoms with Crippen LogP contribution in [0.4, 0.5) is 11.4 Å². The number of rotatable bonds is 18. The highest BCUT2D eigenvalue weighted by Gasteiger charge is 2.32. The zero-order valence-corrected chi connectivity index (χ0v) is 32.6. The average Bonchev–Trinajstić information content (AvgIpc) is 3.24. The zero-order chi connectivity index (χ0) is 39.1. The minimum absolute atomic E-state index is 0.00218. The second-order valence-corrected chi connectivity index (χ2v) is 15.0. The largest absolute Gasteiger partial charge is 0.496 e. The van der Waals surface area contributed by atoms with Crippen LogP contribution >= 0.6 is 11.8 Å². The van der Waals surface area contributed by atoms with E-state index in [1.807, 2.05) is 66.7 Å². The van der Waals surface area contributed by atoms with Crippen molar-refractivity contribution in [1.29, 1.82) is 0 Å². The summed E-state index contributed by atoms with van der Waals surface area (Å²) in [6.07, 6.45) is 4.09. The van der Waals surface area contributed by atoms with E-state index in [-0.39, 0.29) is 30.6 Å². The molecule has 3 atom stereocenters. The Morgan fingerprint density at radius 1 is 0.768 bits per heavy atom. The van der Waals surface area contributed by atoms with E-state index in [9.17, 15) is 14.7 Å². The number of amides is 2. The van der Waals surface area contributed by atoms with Crippen molar-refractivity contribution < 1.29 is 28.9 Å². The number of nitrogens with two attached hydrogens (primary N) is 1. The lowest BCUT2D eigenvalue weighted by Crippen LogP contribution is -2.31. The summed E-state index contributed by atoms with van der Waals surface area (Å²) in [5.41, 5.74) is 13.1. The van der Waals surface area contributed by atoms with Crippen LogP contribution in [-0.4, -0.2) is 35.9 Å². The van der Waals surface area contributed by atoms with E-state index in [0.717, 1.165) is 75.5 Å². The number of ether oxygens (including phenoxy) is 3. The standard InChI is InChI=1S/C46H51N3O6S/c1-53-41-15-8-9-16-43(41)56-31-38-28-42(35-21-19-32(30-50)20-22-35)55-46(54-38)36-25-23-34(24-26-36)37-12-10-11-33(27-37)29-48-44(51)17-4-2-3-5-18-45(52)49-40-14-7-6-13-39(40)47/h6-16,19-27,38,42,46,50H,2-5,17-18,28-31,47H2,1H3,(H,48,51)(H,49,52)/t38-,42+,46+/m0/s1. The van der Waals surface area contributed by atoms with Gasteiger partial charge in [0.1, 0.15) is 5.75 Å². The number of methoxy groups -OCH3 is 1. The van der Waals surface area contributed by atoms with Crippen LogP contribution in [0.15, 0.2) is 126 Å². The van der Waals surface area contributed by atoms with E-state index in [1.165, 1.54) is 0 Å². The summed E-state index contributed by atoms with van der Waals surface area (Å²) < 4.78 is 18.7. The fraction of sp³-hybridized carbons (Fsp3) is 0.304. The van der Waals surface area contributed by atoms with Gasteiger partial charge in [-0.25, -0.2) is 0 Å². The first-order chi connectivity index (χ1) is 27.4. The molecule has 0 saturated carbocycles. The summed E-state index contributed by atoms with van der Waals surface area (Å²) in [6, 6.07) is 39.7. The van der Waals surface area contributed by atoms with E-state index in [2.05, 4.69) is 53.1 Å². The number of carbonyl (C=O) groups is 2. The van der Waals surface area contributed by atoms with Crippen molar-refractivity contribution in [3.8, 4) is 16.9 Å². The second kappa shape index (κ2) is 20.7. The molecule has 1 aliphatic rings. The van der Waals surface area contributed by atoms with Crippen molar-refractivity contribution in [3.05, 3.63) is 144 Å². The van der Waals surface area contributed by atoms with Crippen LogP contribution in [0, 0.1) is 0 Å². The van der Waals surface area contributed by atoms with Gasteiger partial charge >= 0.3 is 0 Å². The number of para-hydroxylation sites is 3. The Morgan fingerprint density at radius 3 is 2.23 bits per heavy atom. The predicted molar refractivity (Wildman–Crippen MR) is 223 cm³/mol.